The van der Waals surface area contributed by atoms with Crippen LogP contribution in [0.5, 0.6) is 11.5 Å². The molecule has 0 fully saturated rings. The molecule has 4 rings (SSSR count). The first-order valence-corrected chi connectivity index (χ1v) is 12.6. The fraction of sp³-hybridized carbons (Fsp3) is 0.176. The van der Waals surface area contributed by atoms with Crippen molar-refractivity contribution in [1.82, 2.24) is 0 Å². The Morgan fingerprint density at radius 2 is 0.892 bits per heavy atom. The molecule has 0 aliphatic heterocycles. The van der Waals surface area contributed by atoms with E-state index in [1.807, 2.05) is 36.4 Å². The van der Waals surface area contributed by atoms with Crippen LogP contribution in [-0.2, 0) is 4.74 Å². The standard InChI is InChI=1S/C34H34O3/c1-35-31-23-19-29(20-24-31)33(17-9-15-27-11-5-3-6-12-27)37-34(30-21-25-32(36-2)26-22-30)18-10-16-28-13-7-4-8-14-28/h3-16,19-26,33-34H,17-18H2,1-2H3. The van der Waals surface area contributed by atoms with Gasteiger partial charge in [0.1, 0.15) is 11.5 Å². The zero-order valence-electron chi connectivity index (χ0n) is 21.5. The van der Waals surface area contributed by atoms with E-state index in [0.29, 0.717) is 0 Å². The Balaban J connectivity index is 1.59. The van der Waals surface area contributed by atoms with Crippen molar-refractivity contribution in [3.05, 3.63) is 144 Å². The van der Waals surface area contributed by atoms with Crippen LogP contribution in [0.3, 0.4) is 0 Å². The van der Waals surface area contributed by atoms with Crippen LogP contribution in [0.25, 0.3) is 12.2 Å². The van der Waals surface area contributed by atoms with E-state index in [-0.39, 0.29) is 12.2 Å². The van der Waals surface area contributed by atoms with Gasteiger partial charge in [-0.2, -0.15) is 0 Å². The second-order valence-corrected chi connectivity index (χ2v) is 8.76. The van der Waals surface area contributed by atoms with Crippen molar-refractivity contribution in [2.24, 2.45) is 0 Å². The molecule has 0 aliphatic carbocycles. The summed E-state index contributed by atoms with van der Waals surface area (Å²) in [5.41, 5.74) is 4.58. The fourth-order valence-electron chi connectivity index (χ4n) is 4.16. The van der Waals surface area contributed by atoms with Gasteiger partial charge in [0.2, 0.25) is 0 Å². The van der Waals surface area contributed by atoms with Gasteiger partial charge in [-0.25, -0.2) is 0 Å². The van der Waals surface area contributed by atoms with Crippen molar-refractivity contribution < 1.29 is 14.2 Å². The lowest BCUT2D eigenvalue weighted by molar-refractivity contribution is -0.0119. The second-order valence-electron chi connectivity index (χ2n) is 8.76. The molecule has 0 N–H and O–H groups in total. The van der Waals surface area contributed by atoms with Crippen molar-refractivity contribution in [2.45, 2.75) is 25.0 Å². The third-order valence-corrected chi connectivity index (χ3v) is 6.22. The number of methoxy groups -OCH3 is 2. The highest BCUT2D eigenvalue weighted by Gasteiger charge is 2.19. The van der Waals surface area contributed by atoms with E-state index in [0.717, 1.165) is 35.5 Å². The molecular weight excluding hydrogens is 456 g/mol. The second kappa shape index (κ2) is 13.9. The van der Waals surface area contributed by atoms with Gasteiger partial charge in [-0.15, -0.1) is 0 Å². The normalized spacial score (nSPS) is 13.0. The quantitative estimate of drug-likeness (QED) is 0.199. The predicted molar refractivity (Wildman–Crippen MR) is 153 cm³/mol. The Labute approximate surface area is 220 Å². The first-order chi connectivity index (χ1) is 18.2. The van der Waals surface area contributed by atoms with Crippen molar-refractivity contribution >= 4 is 12.2 Å². The average molecular weight is 491 g/mol. The average Bonchev–Trinajstić information content (AvgIpc) is 2.97. The molecule has 37 heavy (non-hydrogen) atoms. The summed E-state index contributed by atoms with van der Waals surface area (Å²) in [4.78, 5) is 0. The highest BCUT2D eigenvalue weighted by molar-refractivity contribution is 5.49. The van der Waals surface area contributed by atoms with Crippen molar-refractivity contribution in [3.8, 4) is 11.5 Å². The maximum atomic E-state index is 6.86. The van der Waals surface area contributed by atoms with Gasteiger partial charge in [-0.1, -0.05) is 109 Å². The number of ether oxygens (including phenoxy) is 3. The monoisotopic (exact) mass is 490 g/mol. The minimum Gasteiger partial charge on any atom is -0.497 e. The van der Waals surface area contributed by atoms with Crippen LogP contribution in [0.15, 0.2) is 121 Å². The number of hydrogen-bond acceptors (Lipinski definition) is 3. The van der Waals surface area contributed by atoms with Crippen molar-refractivity contribution in [3.63, 3.8) is 0 Å². The van der Waals surface area contributed by atoms with Crippen LogP contribution >= 0.6 is 0 Å². The van der Waals surface area contributed by atoms with Gasteiger partial charge in [0, 0.05) is 0 Å². The van der Waals surface area contributed by atoms with E-state index in [2.05, 4.69) is 97.1 Å². The molecule has 3 heteroatoms. The number of rotatable bonds is 12. The molecule has 0 bridgehead atoms. The Hall–Kier alpha value is -4.08. The molecule has 0 heterocycles. The zero-order chi connectivity index (χ0) is 25.7. The minimum absolute atomic E-state index is 0.122. The molecular formula is C34H34O3. The molecule has 3 nitrogen and oxygen atoms in total. The summed E-state index contributed by atoms with van der Waals surface area (Å²) in [6.07, 6.45) is 9.93. The third-order valence-electron chi connectivity index (χ3n) is 6.22. The smallest absolute Gasteiger partial charge is 0.118 e. The van der Waals surface area contributed by atoms with Gasteiger partial charge in [-0.3, -0.25) is 0 Å². The van der Waals surface area contributed by atoms with E-state index >= 15 is 0 Å². The van der Waals surface area contributed by atoms with E-state index in [4.69, 9.17) is 14.2 Å². The summed E-state index contributed by atoms with van der Waals surface area (Å²) in [5, 5.41) is 0. The Bertz CT molecular complexity index is 1140. The first kappa shape index (κ1) is 26.0. The molecule has 0 radical (unpaired) electrons. The molecule has 4 aromatic rings. The Morgan fingerprint density at radius 1 is 0.514 bits per heavy atom. The molecule has 0 amide bonds. The molecule has 0 saturated carbocycles. The van der Waals surface area contributed by atoms with Crippen LogP contribution in [-0.4, -0.2) is 14.2 Å². The summed E-state index contributed by atoms with van der Waals surface area (Å²) in [7, 11) is 3.37. The molecule has 0 spiro atoms. The van der Waals surface area contributed by atoms with Crippen LogP contribution in [0, 0.1) is 0 Å². The van der Waals surface area contributed by atoms with Gasteiger partial charge in [0.15, 0.2) is 0 Å². The SMILES string of the molecule is COc1ccc(C(CC=Cc2ccccc2)OC(CC=Cc2ccccc2)c2ccc(OC)cc2)cc1. The maximum absolute atomic E-state index is 6.86. The van der Waals surface area contributed by atoms with Crippen LogP contribution in [0.2, 0.25) is 0 Å². The topological polar surface area (TPSA) is 27.7 Å². The molecule has 2 unspecified atom stereocenters. The van der Waals surface area contributed by atoms with Gasteiger partial charge in [-0.05, 0) is 59.4 Å². The largest absolute Gasteiger partial charge is 0.497 e. The van der Waals surface area contributed by atoms with E-state index in [1.54, 1.807) is 14.2 Å². The van der Waals surface area contributed by atoms with E-state index in [9.17, 15) is 0 Å². The van der Waals surface area contributed by atoms with Crippen molar-refractivity contribution in [1.29, 1.82) is 0 Å². The van der Waals surface area contributed by atoms with Gasteiger partial charge in [0.05, 0.1) is 26.4 Å². The third kappa shape index (κ3) is 7.96. The molecule has 0 saturated heterocycles. The molecule has 2 atom stereocenters. The van der Waals surface area contributed by atoms with Gasteiger partial charge >= 0.3 is 0 Å². The van der Waals surface area contributed by atoms with Crippen LogP contribution < -0.4 is 9.47 Å². The minimum atomic E-state index is -0.122. The highest BCUT2D eigenvalue weighted by Crippen LogP contribution is 2.34. The first-order valence-electron chi connectivity index (χ1n) is 12.6. The maximum Gasteiger partial charge on any atom is 0.118 e. The predicted octanol–water partition coefficient (Wildman–Crippen LogP) is 8.71. The number of hydrogen-bond donors (Lipinski definition) is 0. The highest BCUT2D eigenvalue weighted by atomic mass is 16.5. The zero-order valence-corrected chi connectivity index (χ0v) is 21.5. The van der Waals surface area contributed by atoms with Crippen LogP contribution in [0.1, 0.15) is 47.3 Å². The van der Waals surface area contributed by atoms with Gasteiger partial charge < -0.3 is 14.2 Å². The van der Waals surface area contributed by atoms with Crippen molar-refractivity contribution in [2.75, 3.05) is 14.2 Å². The van der Waals surface area contributed by atoms with E-state index in [1.165, 1.54) is 11.1 Å². The molecule has 188 valence electrons. The lowest BCUT2D eigenvalue weighted by atomic mass is 10.0. The fourth-order valence-corrected chi connectivity index (χ4v) is 4.16. The lowest BCUT2D eigenvalue weighted by Gasteiger charge is -2.25. The van der Waals surface area contributed by atoms with E-state index < -0.39 is 0 Å². The van der Waals surface area contributed by atoms with Crippen LogP contribution in [0.4, 0.5) is 0 Å². The summed E-state index contributed by atoms with van der Waals surface area (Å²) in [6, 6.07) is 37.0. The Kier molecular flexibility index (Phi) is 9.74. The molecule has 0 aromatic heterocycles. The number of benzene rings is 4. The summed E-state index contributed by atoms with van der Waals surface area (Å²) in [6.45, 7) is 0. The van der Waals surface area contributed by atoms with Gasteiger partial charge in [0.25, 0.3) is 0 Å². The lowest BCUT2D eigenvalue weighted by Crippen LogP contribution is -2.10. The molecule has 4 aromatic carbocycles. The summed E-state index contributed by atoms with van der Waals surface area (Å²) < 4.78 is 17.6. The summed E-state index contributed by atoms with van der Waals surface area (Å²) >= 11 is 0. The summed E-state index contributed by atoms with van der Waals surface area (Å²) in [5.74, 6) is 1.67. The molecule has 0 aliphatic rings. The Morgan fingerprint density at radius 3 is 1.24 bits per heavy atom.